The van der Waals surface area contributed by atoms with Crippen molar-refractivity contribution in [3.63, 3.8) is 0 Å². The van der Waals surface area contributed by atoms with E-state index in [1.165, 1.54) is 10.9 Å². The van der Waals surface area contributed by atoms with Gasteiger partial charge in [-0.1, -0.05) is 37.3 Å². The van der Waals surface area contributed by atoms with Gasteiger partial charge in [0, 0.05) is 5.69 Å². The summed E-state index contributed by atoms with van der Waals surface area (Å²) in [4.78, 5) is 44.2. The van der Waals surface area contributed by atoms with Crippen molar-refractivity contribution in [2.75, 3.05) is 18.5 Å². The fourth-order valence-electron chi connectivity index (χ4n) is 3.89. The first-order valence-corrected chi connectivity index (χ1v) is 12.4. The zero-order valence-electron chi connectivity index (χ0n) is 20.3. The van der Waals surface area contributed by atoms with Gasteiger partial charge < -0.3 is 14.8 Å². The molecule has 8 nitrogen and oxygen atoms in total. The summed E-state index contributed by atoms with van der Waals surface area (Å²) in [6.45, 7) is 5.73. The number of nitrogens with zero attached hydrogens (tertiary/aromatic N) is 2. The molecule has 2 aromatic carbocycles. The molecule has 2 heterocycles. The summed E-state index contributed by atoms with van der Waals surface area (Å²) in [5, 5.41) is 3.19. The van der Waals surface area contributed by atoms with E-state index in [4.69, 9.17) is 9.47 Å². The van der Waals surface area contributed by atoms with Crippen LogP contribution in [0.5, 0.6) is 5.75 Å². The molecule has 4 rings (SSSR count). The van der Waals surface area contributed by atoms with E-state index in [0.717, 1.165) is 16.9 Å². The van der Waals surface area contributed by atoms with Crippen LogP contribution in [0.25, 0.3) is 10.2 Å². The Kier molecular flexibility index (Phi) is 7.80. The monoisotopic (exact) mass is 505 g/mol. The largest absolute Gasteiger partial charge is 0.490 e. The number of rotatable bonds is 9. The van der Waals surface area contributed by atoms with Gasteiger partial charge in [0.05, 0.1) is 11.7 Å². The standard InChI is InChI=1S/C27H27N3O5S/c1-4-21(24(31)29-19-10-8-9-17(2)15-19)30-16-28-25-22(26(30)32)18(3)23(36-25)27(33)35-14-13-34-20-11-6-5-7-12-20/h5-12,15-16,21H,4,13-14H2,1-3H3,(H,29,31). The quantitative estimate of drug-likeness (QED) is 0.257. The fraction of sp³-hybridized carbons (Fsp3) is 0.259. The number of nitrogens with one attached hydrogen (secondary N) is 1. The molecule has 9 heteroatoms. The summed E-state index contributed by atoms with van der Waals surface area (Å²) in [5.74, 6) is -0.159. The molecule has 0 fully saturated rings. The number of carbonyl (C=O) groups excluding carboxylic acids is 2. The lowest BCUT2D eigenvalue weighted by Gasteiger charge is -2.18. The lowest BCUT2D eigenvalue weighted by molar-refractivity contribution is -0.119. The molecule has 186 valence electrons. The molecule has 4 aromatic rings. The molecule has 1 amide bonds. The SMILES string of the molecule is CCC(C(=O)Nc1cccc(C)c1)n1cnc2sc(C(=O)OCCOc3ccccc3)c(C)c2c1=O. The Morgan fingerprint density at radius 1 is 1.08 bits per heavy atom. The summed E-state index contributed by atoms with van der Waals surface area (Å²) >= 11 is 1.10. The third-order valence-electron chi connectivity index (χ3n) is 5.70. The lowest BCUT2D eigenvalue weighted by atomic mass is 10.1. The van der Waals surface area contributed by atoms with Crippen LogP contribution in [0, 0.1) is 13.8 Å². The number of amides is 1. The second-order valence-corrected chi connectivity index (χ2v) is 9.27. The molecule has 0 radical (unpaired) electrons. The van der Waals surface area contributed by atoms with Crippen LogP contribution in [0.2, 0.25) is 0 Å². The van der Waals surface area contributed by atoms with Gasteiger partial charge in [-0.25, -0.2) is 9.78 Å². The number of hydrogen-bond acceptors (Lipinski definition) is 7. The van der Waals surface area contributed by atoms with Gasteiger partial charge in [-0.15, -0.1) is 11.3 Å². The maximum atomic E-state index is 13.4. The third kappa shape index (κ3) is 5.46. The van der Waals surface area contributed by atoms with E-state index in [9.17, 15) is 14.4 Å². The van der Waals surface area contributed by atoms with Crippen LogP contribution in [0.15, 0.2) is 65.7 Å². The highest BCUT2D eigenvalue weighted by molar-refractivity contribution is 7.20. The molecule has 0 saturated heterocycles. The molecule has 0 aliphatic heterocycles. The van der Waals surface area contributed by atoms with Gasteiger partial charge in [0.1, 0.15) is 34.7 Å². The van der Waals surface area contributed by atoms with E-state index in [1.54, 1.807) is 13.0 Å². The Bertz CT molecular complexity index is 1450. The highest BCUT2D eigenvalue weighted by Crippen LogP contribution is 2.28. The first-order valence-electron chi connectivity index (χ1n) is 11.6. The smallest absolute Gasteiger partial charge is 0.348 e. The number of ether oxygens (including phenoxy) is 2. The number of anilines is 1. The van der Waals surface area contributed by atoms with E-state index in [1.807, 2.05) is 62.4 Å². The Balaban J connectivity index is 1.51. The summed E-state index contributed by atoms with van der Waals surface area (Å²) in [7, 11) is 0. The molecular weight excluding hydrogens is 478 g/mol. The van der Waals surface area contributed by atoms with Gasteiger partial charge in [-0.3, -0.25) is 14.2 Å². The number of thiophene rings is 1. The maximum Gasteiger partial charge on any atom is 0.348 e. The average molecular weight is 506 g/mol. The topological polar surface area (TPSA) is 99.5 Å². The van der Waals surface area contributed by atoms with Gasteiger partial charge in [0.15, 0.2) is 0 Å². The number of carbonyl (C=O) groups is 2. The molecule has 0 aliphatic carbocycles. The minimum absolute atomic E-state index is 0.0656. The normalized spacial score (nSPS) is 11.8. The van der Waals surface area contributed by atoms with Gasteiger partial charge in [-0.2, -0.15) is 0 Å². The molecule has 1 atom stereocenters. The lowest BCUT2D eigenvalue weighted by Crippen LogP contribution is -2.33. The van der Waals surface area contributed by atoms with Crippen LogP contribution in [0.1, 0.15) is 40.2 Å². The Morgan fingerprint density at radius 3 is 2.58 bits per heavy atom. The van der Waals surface area contributed by atoms with Crippen molar-refractivity contribution in [3.05, 3.63) is 87.3 Å². The van der Waals surface area contributed by atoms with E-state index in [0.29, 0.717) is 38.5 Å². The van der Waals surface area contributed by atoms with Gasteiger partial charge >= 0.3 is 5.97 Å². The maximum absolute atomic E-state index is 13.4. The van der Waals surface area contributed by atoms with E-state index in [2.05, 4.69) is 10.3 Å². The highest BCUT2D eigenvalue weighted by atomic mass is 32.1. The van der Waals surface area contributed by atoms with Crippen LogP contribution in [0.3, 0.4) is 0 Å². The number of fused-ring (bicyclic) bond motifs is 1. The van der Waals surface area contributed by atoms with Crippen LogP contribution in [-0.2, 0) is 9.53 Å². The van der Waals surface area contributed by atoms with Crippen molar-refractivity contribution in [1.29, 1.82) is 0 Å². The van der Waals surface area contributed by atoms with Crippen LogP contribution in [-0.4, -0.2) is 34.6 Å². The molecule has 2 aromatic heterocycles. The molecule has 0 aliphatic rings. The number of esters is 1. The predicted molar refractivity (Wildman–Crippen MR) is 140 cm³/mol. The van der Waals surface area contributed by atoms with Crippen molar-refractivity contribution in [2.45, 2.75) is 33.2 Å². The van der Waals surface area contributed by atoms with Crippen molar-refractivity contribution in [1.82, 2.24) is 9.55 Å². The van der Waals surface area contributed by atoms with Crippen molar-refractivity contribution in [2.24, 2.45) is 0 Å². The van der Waals surface area contributed by atoms with Crippen molar-refractivity contribution < 1.29 is 19.1 Å². The molecular formula is C27H27N3O5S. The predicted octanol–water partition coefficient (Wildman–Crippen LogP) is 4.90. The van der Waals surface area contributed by atoms with Gasteiger partial charge in [0.25, 0.3) is 5.56 Å². The number of benzene rings is 2. The van der Waals surface area contributed by atoms with Crippen molar-refractivity contribution >= 4 is 39.1 Å². The first-order chi connectivity index (χ1) is 17.4. The molecule has 0 saturated carbocycles. The third-order valence-corrected chi connectivity index (χ3v) is 6.88. The van der Waals surface area contributed by atoms with Crippen LogP contribution in [0.4, 0.5) is 5.69 Å². The van der Waals surface area contributed by atoms with Gasteiger partial charge in [0.2, 0.25) is 5.91 Å². The number of hydrogen-bond donors (Lipinski definition) is 1. The average Bonchev–Trinajstić information content (AvgIpc) is 3.21. The summed E-state index contributed by atoms with van der Waals surface area (Å²) in [5.41, 5.74) is 1.80. The summed E-state index contributed by atoms with van der Waals surface area (Å²) in [6, 6.07) is 15.9. The molecule has 0 bridgehead atoms. The number of para-hydroxylation sites is 1. The van der Waals surface area contributed by atoms with E-state index < -0.39 is 12.0 Å². The van der Waals surface area contributed by atoms with Crippen molar-refractivity contribution in [3.8, 4) is 5.75 Å². The molecule has 0 spiro atoms. The minimum atomic E-state index is -0.750. The van der Waals surface area contributed by atoms with Crippen LogP contribution >= 0.6 is 11.3 Å². The summed E-state index contributed by atoms with van der Waals surface area (Å²) < 4.78 is 12.2. The zero-order chi connectivity index (χ0) is 25.7. The fourth-order valence-corrected chi connectivity index (χ4v) is 4.92. The van der Waals surface area contributed by atoms with Crippen LogP contribution < -0.4 is 15.6 Å². The summed E-state index contributed by atoms with van der Waals surface area (Å²) in [6.07, 6.45) is 1.76. The molecule has 36 heavy (non-hydrogen) atoms. The minimum Gasteiger partial charge on any atom is -0.490 e. The second kappa shape index (κ2) is 11.2. The Morgan fingerprint density at radius 2 is 1.86 bits per heavy atom. The number of aryl methyl sites for hydroxylation is 2. The van der Waals surface area contributed by atoms with E-state index >= 15 is 0 Å². The highest BCUT2D eigenvalue weighted by Gasteiger charge is 2.25. The first kappa shape index (κ1) is 25.1. The van der Waals surface area contributed by atoms with Gasteiger partial charge in [-0.05, 0) is 55.7 Å². The molecule has 1 N–H and O–H groups in total. The van der Waals surface area contributed by atoms with E-state index in [-0.39, 0.29) is 24.7 Å². The Hall–Kier alpha value is -3.98. The number of aromatic nitrogens is 2. The zero-order valence-corrected chi connectivity index (χ0v) is 21.1. The molecule has 1 unspecified atom stereocenters. The second-order valence-electron chi connectivity index (χ2n) is 8.27. The Labute approximate surface area is 212 Å².